The van der Waals surface area contributed by atoms with Gasteiger partial charge in [0.15, 0.2) is 11.9 Å². The number of nitrogens with zero attached hydrogens (tertiary/aromatic N) is 3. The molecule has 0 bridgehead atoms. The fourth-order valence-electron chi connectivity index (χ4n) is 2.92. The fourth-order valence-corrected chi connectivity index (χ4v) is 2.92. The van der Waals surface area contributed by atoms with Crippen molar-refractivity contribution in [3.63, 3.8) is 0 Å². The summed E-state index contributed by atoms with van der Waals surface area (Å²) in [6.45, 7) is 5.29. The predicted octanol–water partition coefficient (Wildman–Crippen LogP) is 3.09. The lowest BCUT2D eigenvalue weighted by atomic mass is 10.2. The summed E-state index contributed by atoms with van der Waals surface area (Å²) in [6.07, 6.45) is 0.350. The molecule has 9 heteroatoms. The maximum absolute atomic E-state index is 12.5. The Hall–Kier alpha value is -3.88. The van der Waals surface area contributed by atoms with E-state index in [1.807, 2.05) is 19.9 Å². The number of hydrogen-bond donors (Lipinski definition) is 1. The first-order valence-electron chi connectivity index (χ1n) is 9.56. The molecule has 2 aromatic heterocycles. The van der Waals surface area contributed by atoms with Crippen LogP contribution in [0, 0.1) is 13.8 Å². The van der Waals surface area contributed by atoms with Crippen LogP contribution < -0.4 is 14.8 Å². The van der Waals surface area contributed by atoms with Crippen LogP contribution in [0.25, 0.3) is 5.82 Å². The molecule has 1 N–H and O–H groups in total. The zero-order chi connectivity index (χ0) is 22.5. The van der Waals surface area contributed by atoms with E-state index in [0.717, 1.165) is 11.4 Å². The largest absolute Gasteiger partial charge is 0.497 e. The average molecular weight is 424 g/mol. The van der Waals surface area contributed by atoms with Crippen molar-refractivity contribution >= 4 is 17.6 Å². The summed E-state index contributed by atoms with van der Waals surface area (Å²) in [5.41, 5.74) is 2.43. The highest BCUT2D eigenvalue weighted by atomic mass is 16.5. The van der Waals surface area contributed by atoms with Crippen molar-refractivity contribution in [1.82, 2.24) is 14.8 Å². The van der Waals surface area contributed by atoms with Crippen molar-refractivity contribution in [3.05, 3.63) is 59.5 Å². The molecule has 1 unspecified atom stereocenters. The molecule has 1 atom stereocenters. The third-order valence-corrected chi connectivity index (χ3v) is 4.53. The zero-order valence-electron chi connectivity index (χ0n) is 18.0. The van der Waals surface area contributed by atoms with Gasteiger partial charge < -0.3 is 19.5 Å². The monoisotopic (exact) mass is 424 g/mol. The number of aryl methyl sites for hydroxylation is 2. The van der Waals surface area contributed by atoms with E-state index in [-0.39, 0.29) is 5.56 Å². The number of hydrogen-bond acceptors (Lipinski definition) is 7. The van der Waals surface area contributed by atoms with Crippen LogP contribution in [0.15, 0.2) is 42.6 Å². The van der Waals surface area contributed by atoms with Gasteiger partial charge in [0.2, 0.25) is 0 Å². The van der Waals surface area contributed by atoms with E-state index in [1.165, 1.54) is 27.3 Å². The third-order valence-electron chi connectivity index (χ3n) is 4.53. The van der Waals surface area contributed by atoms with E-state index in [4.69, 9.17) is 14.2 Å². The Morgan fingerprint density at radius 1 is 1.06 bits per heavy atom. The molecule has 0 radical (unpaired) electrons. The number of esters is 1. The van der Waals surface area contributed by atoms with E-state index in [9.17, 15) is 9.59 Å². The van der Waals surface area contributed by atoms with Crippen LogP contribution in [-0.4, -0.2) is 47.0 Å². The molecule has 3 rings (SSSR count). The quantitative estimate of drug-likeness (QED) is 0.581. The van der Waals surface area contributed by atoms with Crippen LogP contribution in [-0.2, 0) is 9.53 Å². The van der Waals surface area contributed by atoms with Gasteiger partial charge >= 0.3 is 5.97 Å². The number of nitrogens with one attached hydrogen (secondary N) is 1. The van der Waals surface area contributed by atoms with Gasteiger partial charge in [0.05, 0.1) is 31.2 Å². The van der Waals surface area contributed by atoms with Gasteiger partial charge in [0.25, 0.3) is 5.91 Å². The maximum Gasteiger partial charge on any atom is 0.340 e. The standard InChI is InChI=1S/C22H24N4O5/c1-13-10-14(2)26(25-13)20-9-6-16(12-23-20)22(28)31-15(3)21(27)24-18-11-17(29-4)7-8-19(18)30-5/h6-12,15H,1-5H3,(H,24,27). The first kappa shape index (κ1) is 21.8. The molecule has 2 heterocycles. The number of amides is 1. The van der Waals surface area contributed by atoms with E-state index in [0.29, 0.717) is 23.0 Å². The zero-order valence-corrected chi connectivity index (χ0v) is 18.0. The van der Waals surface area contributed by atoms with Crippen molar-refractivity contribution in [3.8, 4) is 17.3 Å². The molecule has 0 fully saturated rings. The van der Waals surface area contributed by atoms with Crippen LogP contribution in [0.1, 0.15) is 28.7 Å². The van der Waals surface area contributed by atoms with Crippen molar-refractivity contribution in [2.75, 3.05) is 19.5 Å². The summed E-state index contributed by atoms with van der Waals surface area (Å²) in [6, 6.07) is 10.2. The Bertz CT molecular complexity index is 1090. The molecule has 0 saturated heterocycles. The van der Waals surface area contributed by atoms with E-state index in [2.05, 4.69) is 15.4 Å². The average Bonchev–Trinajstić information content (AvgIpc) is 3.11. The number of pyridine rings is 1. The van der Waals surface area contributed by atoms with Crippen LogP contribution >= 0.6 is 0 Å². The molecular weight excluding hydrogens is 400 g/mol. The first-order chi connectivity index (χ1) is 14.8. The van der Waals surface area contributed by atoms with Gasteiger partial charge in [-0.15, -0.1) is 0 Å². The van der Waals surface area contributed by atoms with Gasteiger partial charge in [0.1, 0.15) is 11.5 Å². The minimum absolute atomic E-state index is 0.226. The molecule has 0 spiro atoms. The molecule has 0 saturated carbocycles. The molecule has 1 aromatic carbocycles. The second-order valence-corrected chi connectivity index (χ2v) is 6.85. The maximum atomic E-state index is 12.5. The van der Waals surface area contributed by atoms with E-state index in [1.54, 1.807) is 35.0 Å². The number of methoxy groups -OCH3 is 2. The van der Waals surface area contributed by atoms with Crippen molar-refractivity contribution in [2.24, 2.45) is 0 Å². The summed E-state index contributed by atoms with van der Waals surface area (Å²) >= 11 is 0. The van der Waals surface area contributed by atoms with E-state index < -0.39 is 18.0 Å². The fraction of sp³-hybridized carbons (Fsp3) is 0.273. The van der Waals surface area contributed by atoms with Gasteiger partial charge in [-0.3, -0.25) is 4.79 Å². The number of anilines is 1. The molecule has 0 aliphatic heterocycles. The van der Waals surface area contributed by atoms with E-state index >= 15 is 0 Å². The number of carbonyl (C=O) groups is 2. The lowest BCUT2D eigenvalue weighted by molar-refractivity contribution is -0.123. The van der Waals surface area contributed by atoms with Gasteiger partial charge in [-0.05, 0) is 51.1 Å². The molecule has 3 aromatic rings. The first-order valence-corrected chi connectivity index (χ1v) is 9.56. The number of rotatable bonds is 7. The second-order valence-electron chi connectivity index (χ2n) is 6.85. The van der Waals surface area contributed by atoms with Gasteiger partial charge in [0, 0.05) is 18.0 Å². The summed E-state index contributed by atoms with van der Waals surface area (Å²) in [4.78, 5) is 29.2. The van der Waals surface area contributed by atoms with Gasteiger partial charge in [-0.1, -0.05) is 0 Å². The molecular formula is C22H24N4O5. The Labute approximate surface area is 180 Å². The van der Waals surface area contributed by atoms with Gasteiger partial charge in [-0.25, -0.2) is 14.5 Å². The molecule has 9 nitrogen and oxygen atoms in total. The minimum Gasteiger partial charge on any atom is -0.497 e. The molecule has 0 aliphatic rings. The van der Waals surface area contributed by atoms with Gasteiger partial charge in [-0.2, -0.15) is 5.10 Å². The number of benzene rings is 1. The van der Waals surface area contributed by atoms with Crippen molar-refractivity contribution < 1.29 is 23.8 Å². The summed E-state index contributed by atoms with van der Waals surface area (Å²) in [5, 5.41) is 7.04. The normalized spacial score (nSPS) is 11.5. The Morgan fingerprint density at radius 3 is 2.42 bits per heavy atom. The SMILES string of the molecule is COc1ccc(OC)c(NC(=O)C(C)OC(=O)c2ccc(-n3nc(C)cc3C)nc2)c1. The smallest absolute Gasteiger partial charge is 0.340 e. The molecule has 31 heavy (non-hydrogen) atoms. The lowest BCUT2D eigenvalue weighted by Gasteiger charge is -2.16. The summed E-state index contributed by atoms with van der Waals surface area (Å²) in [5.74, 6) is 0.420. The minimum atomic E-state index is -1.04. The Morgan fingerprint density at radius 2 is 1.84 bits per heavy atom. The number of aromatic nitrogens is 3. The van der Waals surface area contributed by atoms with Crippen LogP contribution in [0.2, 0.25) is 0 Å². The molecule has 0 aliphatic carbocycles. The molecule has 1 amide bonds. The third kappa shape index (κ3) is 5.00. The summed E-state index contributed by atoms with van der Waals surface area (Å²) in [7, 11) is 3.01. The Kier molecular flexibility index (Phi) is 6.54. The van der Waals surface area contributed by atoms with Crippen LogP contribution in [0.3, 0.4) is 0 Å². The predicted molar refractivity (Wildman–Crippen MR) is 114 cm³/mol. The Balaban J connectivity index is 1.66. The van der Waals surface area contributed by atoms with Crippen LogP contribution in [0.4, 0.5) is 5.69 Å². The number of ether oxygens (including phenoxy) is 3. The summed E-state index contributed by atoms with van der Waals surface area (Å²) < 4.78 is 17.4. The highest BCUT2D eigenvalue weighted by Crippen LogP contribution is 2.29. The number of carbonyl (C=O) groups excluding carboxylic acids is 2. The lowest BCUT2D eigenvalue weighted by Crippen LogP contribution is -2.30. The second kappa shape index (κ2) is 9.29. The van der Waals surface area contributed by atoms with Crippen molar-refractivity contribution in [2.45, 2.75) is 26.9 Å². The van der Waals surface area contributed by atoms with Crippen molar-refractivity contribution in [1.29, 1.82) is 0 Å². The topological polar surface area (TPSA) is 105 Å². The van der Waals surface area contributed by atoms with Crippen LogP contribution in [0.5, 0.6) is 11.5 Å². The highest BCUT2D eigenvalue weighted by Gasteiger charge is 2.21. The molecule has 162 valence electrons. The highest BCUT2D eigenvalue weighted by molar-refractivity contribution is 5.98.